The predicted molar refractivity (Wildman–Crippen MR) is 75.1 cm³/mol. The fourth-order valence-electron chi connectivity index (χ4n) is 2.21. The van der Waals surface area contributed by atoms with Crippen LogP contribution < -0.4 is 0 Å². The molecule has 1 saturated heterocycles. The molecule has 1 aromatic carbocycles. The first-order valence-corrected chi connectivity index (χ1v) is 8.18. The second-order valence-corrected chi connectivity index (χ2v) is 7.13. The Balaban J connectivity index is 2.13. The van der Waals surface area contributed by atoms with Gasteiger partial charge < -0.3 is 4.74 Å². The van der Waals surface area contributed by atoms with Gasteiger partial charge in [-0.2, -0.15) is 0 Å². The minimum Gasteiger partial charge on any atom is -0.381 e. The van der Waals surface area contributed by atoms with Crippen molar-refractivity contribution in [3.8, 4) is 0 Å². The number of ether oxygens (including phenoxy) is 1. The molecule has 2 rings (SSSR count). The summed E-state index contributed by atoms with van der Waals surface area (Å²) in [5.74, 6) is -1.25. The minimum atomic E-state index is -3.56. The zero-order valence-electron chi connectivity index (χ0n) is 11.2. The molecule has 1 aromatic rings. The lowest BCUT2D eigenvalue weighted by atomic mass is 10.1. The zero-order valence-corrected chi connectivity index (χ0v) is 12.0. The highest BCUT2D eigenvalue weighted by atomic mass is 32.2. The molecule has 1 aliphatic heterocycles. The summed E-state index contributed by atoms with van der Waals surface area (Å²) in [6.45, 7) is 0.740. The number of rotatable bonds is 5. The maximum absolute atomic E-state index is 12.2. The van der Waals surface area contributed by atoms with E-state index in [-0.39, 0.29) is 11.3 Å². The van der Waals surface area contributed by atoms with E-state index in [0.717, 1.165) is 6.07 Å². The van der Waals surface area contributed by atoms with Gasteiger partial charge in [-0.1, -0.05) is 12.1 Å². The van der Waals surface area contributed by atoms with E-state index in [0.29, 0.717) is 26.1 Å². The van der Waals surface area contributed by atoms with Gasteiger partial charge in [0.05, 0.1) is 10.2 Å². The van der Waals surface area contributed by atoms with E-state index in [1.54, 1.807) is 0 Å². The second-order valence-electron chi connectivity index (χ2n) is 4.85. The third-order valence-corrected chi connectivity index (χ3v) is 5.54. The molecule has 1 heterocycles. The Labute approximate surface area is 122 Å². The first kappa shape index (κ1) is 15.6. The number of non-ortho nitro benzene ring substituents is 1. The Hall–Kier alpha value is -1.80. The Morgan fingerprint density at radius 3 is 2.62 bits per heavy atom. The molecule has 21 heavy (non-hydrogen) atoms. The molecule has 8 heteroatoms. The monoisotopic (exact) mass is 313 g/mol. The molecule has 0 amide bonds. The van der Waals surface area contributed by atoms with Crippen molar-refractivity contribution in [1.29, 1.82) is 0 Å². The van der Waals surface area contributed by atoms with E-state index in [2.05, 4.69) is 0 Å². The normalized spacial score (nSPS) is 16.6. The van der Waals surface area contributed by atoms with Gasteiger partial charge in [-0.25, -0.2) is 8.42 Å². The fourth-order valence-corrected chi connectivity index (χ4v) is 3.89. The van der Waals surface area contributed by atoms with Crippen LogP contribution in [0.15, 0.2) is 24.3 Å². The van der Waals surface area contributed by atoms with E-state index in [1.807, 2.05) is 0 Å². The van der Waals surface area contributed by atoms with Gasteiger partial charge in [0.1, 0.15) is 5.75 Å². The molecule has 0 saturated carbocycles. The standard InChI is InChI=1S/C13H15NO6S/c15-13(10-2-1-3-11(8-10)14(16)17)9-21(18,19)12-4-6-20-7-5-12/h1-3,8,12H,4-7,9H2. The highest BCUT2D eigenvalue weighted by Gasteiger charge is 2.30. The Morgan fingerprint density at radius 2 is 2.00 bits per heavy atom. The molecule has 0 radical (unpaired) electrons. The molecule has 114 valence electrons. The van der Waals surface area contributed by atoms with Crippen molar-refractivity contribution in [3.05, 3.63) is 39.9 Å². The van der Waals surface area contributed by atoms with Crippen molar-refractivity contribution < 1.29 is 22.9 Å². The summed E-state index contributed by atoms with van der Waals surface area (Å²) < 4.78 is 29.5. The summed E-state index contributed by atoms with van der Waals surface area (Å²) in [7, 11) is -3.56. The molecular weight excluding hydrogens is 298 g/mol. The molecule has 0 aromatic heterocycles. The molecule has 0 spiro atoms. The Morgan fingerprint density at radius 1 is 1.33 bits per heavy atom. The van der Waals surface area contributed by atoms with Gasteiger partial charge in [-0.15, -0.1) is 0 Å². The SMILES string of the molecule is O=C(CS(=O)(=O)C1CCOCC1)c1cccc([N+](=O)[O-])c1. The third kappa shape index (κ3) is 3.85. The molecule has 0 aliphatic carbocycles. The predicted octanol–water partition coefficient (Wildman–Crippen LogP) is 1.37. The number of hydrogen-bond donors (Lipinski definition) is 0. The average molecular weight is 313 g/mol. The molecule has 1 fully saturated rings. The highest BCUT2D eigenvalue weighted by molar-refractivity contribution is 7.92. The van der Waals surface area contributed by atoms with Crippen LogP contribution in [0.5, 0.6) is 0 Å². The van der Waals surface area contributed by atoms with E-state index in [1.165, 1.54) is 18.2 Å². The van der Waals surface area contributed by atoms with Crippen LogP contribution >= 0.6 is 0 Å². The molecule has 0 unspecified atom stereocenters. The van der Waals surface area contributed by atoms with Gasteiger partial charge >= 0.3 is 0 Å². The number of nitrogens with zero attached hydrogens (tertiary/aromatic N) is 1. The summed E-state index contributed by atoms with van der Waals surface area (Å²) in [4.78, 5) is 22.1. The molecule has 7 nitrogen and oxygen atoms in total. The lowest BCUT2D eigenvalue weighted by molar-refractivity contribution is -0.384. The Bertz CT molecular complexity index is 648. The van der Waals surface area contributed by atoms with Gasteiger partial charge in [0.25, 0.3) is 5.69 Å². The lowest BCUT2D eigenvalue weighted by Gasteiger charge is -2.21. The van der Waals surface area contributed by atoms with Gasteiger partial charge in [0, 0.05) is 30.9 Å². The van der Waals surface area contributed by atoms with Gasteiger partial charge in [-0.05, 0) is 12.8 Å². The maximum atomic E-state index is 12.2. The van der Waals surface area contributed by atoms with Crippen LogP contribution in [0, 0.1) is 10.1 Å². The lowest BCUT2D eigenvalue weighted by Crippen LogP contribution is -2.33. The largest absolute Gasteiger partial charge is 0.381 e. The highest BCUT2D eigenvalue weighted by Crippen LogP contribution is 2.19. The van der Waals surface area contributed by atoms with Crippen LogP contribution in [0.2, 0.25) is 0 Å². The van der Waals surface area contributed by atoms with Crippen molar-refractivity contribution in [1.82, 2.24) is 0 Å². The maximum Gasteiger partial charge on any atom is 0.270 e. The Kier molecular flexibility index (Phi) is 4.69. The summed E-state index contributed by atoms with van der Waals surface area (Å²) >= 11 is 0. The molecular formula is C13H15NO6S. The number of Topliss-reactive ketones (excluding diaryl/α,β-unsaturated/α-hetero) is 1. The van der Waals surface area contributed by atoms with Crippen molar-refractivity contribution in [2.75, 3.05) is 19.0 Å². The first-order chi connectivity index (χ1) is 9.90. The average Bonchev–Trinajstić information content (AvgIpc) is 2.48. The number of nitro benzene ring substituents is 1. The zero-order chi connectivity index (χ0) is 15.5. The van der Waals surface area contributed by atoms with Gasteiger partial charge in [-0.3, -0.25) is 14.9 Å². The number of ketones is 1. The first-order valence-electron chi connectivity index (χ1n) is 6.47. The third-order valence-electron chi connectivity index (χ3n) is 3.39. The molecule has 1 aliphatic rings. The smallest absolute Gasteiger partial charge is 0.270 e. The number of carbonyl (C=O) groups is 1. The summed E-state index contributed by atoms with van der Waals surface area (Å²) in [6.07, 6.45) is 0.759. The molecule has 0 N–H and O–H groups in total. The number of benzene rings is 1. The van der Waals surface area contributed by atoms with Crippen LogP contribution in [0.4, 0.5) is 5.69 Å². The molecule has 0 bridgehead atoms. The van der Waals surface area contributed by atoms with Gasteiger partial charge in [0.15, 0.2) is 15.6 Å². The number of sulfone groups is 1. The van der Waals surface area contributed by atoms with Gasteiger partial charge in [0.2, 0.25) is 0 Å². The minimum absolute atomic E-state index is 0.0415. The van der Waals surface area contributed by atoms with E-state index in [9.17, 15) is 23.3 Å². The quantitative estimate of drug-likeness (QED) is 0.462. The van der Waals surface area contributed by atoms with Crippen molar-refractivity contribution in [2.45, 2.75) is 18.1 Å². The van der Waals surface area contributed by atoms with Crippen molar-refractivity contribution >= 4 is 21.3 Å². The van der Waals surface area contributed by atoms with Crippen LogP contribution in [0.25, 0.3) is 0 Å². The fraction of sp³-hybridized carbons (Fsp3) is 0.462. The number of carbonyl (C=O) groups excluding carboxylic acids is 1. The van der Waals surface area contributed by atoms with Crippen LogP contribution in [0.1, 0.15) is 23.2 Å². The second kappa shape index (κ2) is 6.31. The topological polar surface area (TPSA) is 104 Å². The van der Waals surface area contributed by atoms with E-state index >= 15 is 0 Å². The van der Waals surface area contributed by atoms with Crippen LogP contribution in [-0.4, -0.2) is 43.3 Å². The number of nitro groups is 1. The van der Waals surface area contributed by atoms with Crippen LogP contribution in [-0.2, 0) is 14.6 Å². The number of hydrogen-bond acceptors (Lipinski definition) is 6. The summed E-state index contributed by atoms with van der Waals surface area (Å²) in [5, 5.41) is 10.1. The van der Waals surface area contributed by atoms with Crippen LogP contribution in [0.3, 0.4) is 0 Å². The summed E-state index contributed by atoms with van der Waals surface area (Å²) in [5.41, 5.74) is -0.191. The van der Waals surface area contributed by atoms with E-state index < -0.39 is 31.5 Å². The van der Waals surface area contributed by atoms with Crippen molar-refractivity contribution in [3.63, 3.8) is 0 Å². The van der Waals surface area contributed by atoms with E-state index in [4.69, 9.17) is 4.74 Å². The van der Waals surface area contributed by atoms with Crippen molar-refractivity contribution in [2.24, 2.45) is 0 Å². The molecule has 0 atom stereocenters. The summed E-state index contributed by atoms with van der Waals surface area (Å²) in [6, 6.07) is 5.10.